The van der Waals surface area contributed by atoms with Crippen LogP contribution in [0.3, 0.4) is 0 Å². The van der Waals surface area contributed by atoms with Crippen LogP contribution >= 0.6 is 0 Å². The van der Waals surface area contributed by atoms with E-state index in [-0.39, 0.29) is 5.82 Å². The maximum atomic E-state index is 12.7. The van der Waals surface area contributed by atoms with Crippen LogP contribution in [0.25, 0.3) is 11.1 Å². The summed E-state index contributed by atoms with van der Waals surface area (Å²) < 4.78 is 12.7. The van der Waals surface area contributed by atoms with Gasteiger partial charge in [0, 0.05) is 23.5 Å². The van der Waals surface area contributed by atoms with Gasteiger partial charge >= 0.3 is 0 Å². The lowest BCUT2D eigenvalue weighted by Crippen LogP contribution is -1.85. The molecule has 74 valence electrons. The zero-order valence-electron chi connectivity index (χ0n) is 7.85. The van der Waals surface area contributed by atoms with Crippen molar-refractivity contribution in [3.63, 3.8) is 0 Å². The first-order valence-corrected chi connectivity index (χ1v) is 4.46. The Bertz CT molecular complexity index is 479. The third kappa shape index (κ3) is 2.07. The van der Waals surface area contributed by atoms with E-state index in [0.717, 1.165) is 17.4 Å². The van der Waals surface area contributed by atoms with Gasteiger partial charge in [0.05, 0.1) is 0 Å². The average Bonchev–Trinajstić information content (AvgIpc) is 2.30. The molecule has 0 atom stereocenters. The van der Waals surface area contributed by atoms with Crippen molar-refractivity contribution in [2.75, 3.05) is 0 Å². The number of halogens is 1. The molecule has 0 spiro atoms. The molecule has 1 heterocycles. The summed E-state index contributed by atoms with van der Waals surface area (Å²) in [6.07, 6.45) is 3.86. The van der Waals surface area contributed by atoms with Gasteiger partial charge < -0.3 is 0 Å². The number of carbonyl (C=O) groups excluding carboxylic acids is 1. The molecular formula is C12H8FNO. The summed E-state index contributed by atoms with van der Waals surface area (Å²) in [7, 11) is 0. The lowest BCUT2D eigenvalue weighted by molar-refractivity contribution is 0.112. The number of benzene rings is 1. The highest BCUT2D eigenvalue weighted by atomic mass is 19.1. The second-order valence-corrected chi connectivity index (χ2v) is 3.13. The Morgan fingerprint density at radius 3 is 2.47 bits per heavy atom. The number of hydrogen-bond donors (Lipinski definition) is 0. The summed E-state index contributed by atoms with van der Waals surface area (Å²) in [6.45, 7) is 0. The normalized spacial score (nSPS) is 9.93. The molecule has 0 N–H and O–H groups in total. The molecule has 0 fully saturated rings. The maximum Gasteiger partial charge on any atom is 0.151 e. The average molecular weight is 201 g/mol. The molecular weight excluding hydrogens is 193 g/mol. The van der Waals surface area contributed by atoms with E-state index in [1.54, 1.807) is 24.4 Å². The van der Waals surface area contributed by atoms with E-state index in [9.17, 15) is 9.18 Å². The largest absolute Gasteiger partial charge is 0.298 e. The van der Waals surface area contributed by atoms with Gasteiger partial charge in [-0.3, -0.25) is 9.78 Å². The molecule has 0 saturated heterocycles. The molecule has 0 radical (unpaired) electrons. The second-order valence-electron chi connectivity index (χ2n) is 3.13. The topological polar surface area (TPSA) is 30.0 Å². The molecule has 0 aliphatic rings. The Morgan fingerprint density at radius 1 is 1.07 bits per heavy atom. The Balaban J connectivity index is 2.44. The van der Waals surface area contributed by atoms with Crippen LogP contribution in [0, 0.1) is 5.82 Å². The third-order valence-electron chi connectivity index (χ3n) is 2.07. The van der Waals surface area contributed by atoms with Gasteiger partial charge in [-0.1, -0.05) is 12.1 Å². The number of hydrogen-bond acceptors (Lipinski definition) is 2. The number of rotatable bonds is 2. The first kappa shape index (κ1) is 9.52. The van der Waals surface area contributed by atoms with E-state index < -0.39 is 0 Å². The summed E-state index contributed by atoms with van der Waals surface area (Å²) in [5.74, 6) is -0.279. The number of aldehydes is 1. The molecule has 0 aliphatic heterocycles. The van der Waals surface area contributed by atoms with Gasteiger partial charge in [0.2, 0.25) is 0 Å². The van der Waals surface area contributed by atoms with Crippen molar-refractivity contribution in [2.24, 2.45) is 0 Å². The van der Waals surface area contributed by atoms with Crippen LogP contribution < -0.4 is 0 Å². The zero-order valence-corrected chi connectivity index (χ0v) is 7.85. The van der Waals surface area contributed by atoms with Crippen LogP contribution in [0.1, 0.15) is 10.4 Å². The highest BCUT2D eigenvalue weighted by Gasteiger charge is 1.99. The first-order chi connectivity index (χ1) is 7.29. The van der Waals surface area contributed by atoms with E-state index in [2.05, 4.69) is 4.98 Å². The summed E-state index contributed by atoms with van der Waals surface area (Å²) in [6, 6.07) is 7.78. The predicted molar refractivity (Wildman–Crippen MR) is 55.0 cm³/mol. The SMILES string of the molecule is O=Cc1cncc(-c2ccc(F)cc2)c1. The van der Waals surface area contributed by atoms with Gasteiger partial charge in [-0.2, -0.15) is 0 Å². The molecule has 15 heavy (non-hydrogen) atoms. The van der Waals surface area contributed by atoms with Crippen molar-refractivity contribution in [3.05, 3.63) is 54.1 Å². The number of carbonyl (C=O) groups is 1. The molecule has 0 amide bonds. The quantitative estimate of drug-likeness (QED) is 0.699. The minimum Gasteiger partial charge on any atom is -0.298 e. The van der Waals surface area contributed by atoms with E-state index >= 15 is 0 Å². The van der Waals surface area contributed by atoms with Crippen LogP contribution in [0.4, 0.5) is 4.39 Å². The minimum atomic E-state index is -0.279. The molecule has 0 aliphatic carbocycles. The molecule has 2 rings (SSSR count). The molecule has 2 nitrogen and oxygen atoms in total. The fourth-order valence-corrected chi connectivity index (χ4v) is 1.32. The fraction of sp³-hybridized carbons (Fsp3) is 0. The van der Waals surface area contributed by atoms with Gasteiger partial charge in [-0.15, -0.1) is 0 Å². The molecule has 0 saturated carbocycles. The van der Waals surface area contributed by atoms with Crippen LogP contribution in [0.5, 0.6) is 0 Å². The van der Waals surface area contributed by atoms with Crippen molar-refractivity contribution < 1.29 is 9.18 Å². The monoisotopic (exact) mass is 201 g/mol. The summed E-state index contributed by atoms with van der Waals surface area (Å²) >= 11 is 0. The van der Waals surface area contributed by atoms with E-state index in [4.69, 9.17) is 0 Å². The number of aromatic nitrogens is 1. The van der Waals surface area contributed by atoms with E-state index in [0.29, 0.717) is 5.56 Å². The number of nitrogens with zero attached hydrogens (tertiary/aromatic N) is 1. The first-order valence-electron chi connectivity index (χ1n) is 4.46. The van der Waals surface area contributed by atoms with Gasteiger partial charge in [0.15, 0.2) is 6.29 Å². The second kappa shape index (κ2) is 4.00. The van der Waals surface area contributed by atoms with Gasteiger partial charge in [-0.25, -0.2) is 4.39 Å². The van der Waals surface area contributed by atoms with Crippen molar-refractivity contribution in [3.8, 4) is 11.1 Å². The smallest absolute Gasteiger partial charge is 0.151 e. The third-order valence-corrected chi connectivity index (χ3v) is 2.07. The van der Waals surface area contributed by atoms with Gasteiger partial charge in [0.1, 0.15) is 5.82 Å². The highest BCUT2D eigenvalue weighted by molar-refractivity contribution is 5.77. The Morgan fingerprint density at radius 2 is 1.80 bits per heavy atom. The van der Waals surface area contributed by atoms with Gasteiger partial charge in [-0.05, 0) is 23.8 Å². The Kier molecular flexibility index (Phi) is 2.54. The van der Waals surface area contributed by atoms with Crippen molar-refractivity contribution in [1.82, 2.24) is 4.98 Å². The lowest BCUT2D eigenvalue weighted by Gasteiger charge is -2.01. The van der Waals surface area contributed by atoms with Crippen LogP contribution in [-0.2, 0) is 0 Å². The van der Waals surface area contributed by atoms with Crippen molar-refractivity contribution in [1.29, 1.82) is 0 Å². The summed E-state index contributed by atoms with van der Waals surface area (Å²) in [5.41, 5.74) is 2.16. The zero-order chi connectivity index (χ0) is 10.7. The van der Waals surface area contributed by atoms with Crippen molar-refractivity contribution in [2.45, 2.75) is 0 Å². The van der Waals surface area contributed by atoms with Crippen LogP contribution in [0.2, 0.25) is 0 Å². The van der Waals surface area contributed by atoms with E-state index in [1.165, 1.54) is 18.3 Å². The molecule has 2 aromatic rings. The van der Waals surface area contributed by atoms with E-state index in [1.807, 2.05) is 0 Å². The summed E-state index contributed by atoms with van der Waals surface area (Å²) in [4.78, 5) is 14.5. The lowest BCUT2D eigenvalue weighted by atomic mass is 10.1. The van der Waals surface area contributed by atoms with Gasteiger partial charge in [0.25, 0.3) is 0 Å². The van der Waals surface area contributed by atoms with Crippen LogP contribution in [0.15, 0.2) is 42.7 Å². The Hall–Kier alpha value is -2.03. The molecule has 1 aromatic heterocycles. The van der Waals surface area contributed by atoms with Crippen molar-refractivity contribution >= 4 is 6.29 Å². The highest BCUT2D eigenvalue weighted by Crippen LogP contribution is 2.18. The molecule has 1 aromatic carbocycles. The minimum absolute atomic E-state index is 0.279. The molecule has 3 heteroatoms. The summed E-state index contributed by atoms with van der Waals surface area (Å²) in [5, 5.41) is 0. The Labute approximate surface area is 86.4 Å². The number of pyridine rings is 1. The maximum absolute atomic E-state index is 12.7. The fourth-order valence-electron chi connectivity index (χ4n) is 1.32. The standard InChI is InChI=1S/C12H8FNO/c13-12-3-1-10(2-4-12)11-5-9(8-15)6-14-7-11/h1-8H. The molecule has 0 unspecified atom stereocenters. The predicted octanol–water partition coefficient (Wildman–Crippen LogP) is 2.70. The van der Waals surface area contributed by atoms with Crippen LogP contribution in [-0.4, -0.2) is 11.3 Å². The molecule has 0 bridgehead atoms.